The number of carboxylic acid groups (broad SMARTS) is 1. The molecule has 8 heteroatoms. The first-order valence-corrected chi connectivity index (χ1v) is 8.54. The molecular weight excluding hydrogens is 339 g/mol. The van der Waals surface area contributed by atoms with Gasteiger partial charge in [0.15, 0.2) is 0 Å². The molecule has 1 atom stereocenters. The molecule has 1 amide bonds. The molecule has 0 bridgehead atoms. The number of para-hydroxylation sites is 1. The van der Waals surface area contributed by atoms with Crippen molar-refractivity contribution in [1.82, 2.24) is 14.7 Å². The van der Waals surface area contributed by atoms with Crippen molar-refractivity contribution in [1.29, 1.82) is 0 Å². The lowest BCUT2D eigenvalue weighted by molar-refractivity contribution is -0.145. The average molecular weight is 360 g/mol. The molecule has 1 saturated heterocycles. The van der Waals surface area contributed by atoms with Crippen LogP contribution in [-0.4, -0.2) is 50.8 Å². The molecule has 1 aromatic heterocycles. The summed E-state index contributed by atoms with van der Waals surface area (Å²) in [5.41, 5.74) is 0.863. The van der Waals surface area contributed by atoms with Crippen LogP contribution in [0, 0.1) is 12.7 Å². The van der Waals surface area contributed by atoms with Crippen LogP contribution in [0.5, 0.6) is 0 Å². The Morgan fingerprint density at radius 2 is 2.12 bits per heavy atom. The highest BCUT2D eigenvalue weighted by molar-refractivity contribution is 5.92. The minimum atomic E-state index is -0.912. The number of benzene rings is 1. The van der Waals surface area contributed by atoms with Crippen LogP contribution in [0.1, 0.15) is 25.0 Å². The summed E-state index contributed by atoms with van der Waals surface area (Å²) in [6.45, 7) is 2.28. The van der Waals surface area contributed by atoms with Gasteiger partial charge < -0.3 is 10.4 Å². The molecule has 3 rings (SSSR count). The van der Waals surface area contributed by atoms with E-state index in [4.69, 9.17) is 0 Å². The van der Waals surface area contributed by atoms with Gasteiger partial charge in [-0.05, 0) is 38.4 Å². The number of nitrogens with zero attached hydrogens (tertiary/aromatic N) is 3. The Morgan fingerprint density at radius 1 is 1.35 bits per heavy atom. The molecule has 2 N–H and O–H groups in total. The maximum Gasteiger partial charge on any atom is 0.320 e. The van der Waals surface area contributed by atoms with Crippen molar-refractivity contribution in [3.63, 3.8) is 0 Å². The van der Waals surface area contributed by atoms with Gasteiger partial charge >= 0.3 is 5.97 Å². The third-order valence-corrected chi connectivity index (χ3v) is 4.43. The minimum absolute atomic E-state index is 0.0293. The van der Waals surface area contributed by atoms with E-state index in [1.807, 2.05) is 0 Å². The summed E-state index contributed by atoms with van der Waals surface area (Å²) in [5, 5.41) is 16.3. The van der Waals surface area contributed by atoms with E-state index in [0.29, 0.717) is 24.5 Å². The maximum absolute atomic E-state index is 14.1. The Labute approximate surface area is 150 Å². The largest absolute Gasteiger partial charge is 0.480 e. The van der Waals surface area contributed by atoms with Crippen LogP contribution in [0.4, 0.5) is 10.2 Å². The van der Waals surface area contributed by atoms with Crippen LogP contribution in [0.15, 0.2) is 30.3 Å². The topological polar surface area (TPSA) is 87.5 Å². The second-order valence-corrected chi connectivity index (χ2v) is 6.40. The molecule has 1 aliphatic heterocycles. The molecule has 0 aliphatic carbocycles. The van der Waals surface area contributed by atoms with E-state index in [9.17, 15) is 19.1 Å². The van der Waals surface area contributed by atoms with Crippen LogP contribution in [0.25, 0.3) is 5.69 Å². The number of carbonyl (C=O) groups is 2. The van der Waals surface area contributed by atoms with Gasteiger partial charge in [-0.1, -0.05) is 18.6 Å². The molecule has 2 heterocycles. The summed E-state index contributed by atoms with van der Waals surface area (Å²) in [6.07, 6.45) is 2.24. The summed E-state index contributed by atoms with van der Waals surface area (Å²) < 4.78 is 15.4. The first kappa shape index (κ1) is 18.1. The van der Waals surface area contributed by atoms with Crippen molar-refractivity contribution in [2.24, 2.45) is 0 Å². The number of carbonyl (C=O) groups excluding carboxylic acids is 1. The number of rotatable bonds is 5. The minimum Gasteiger partial charge on any atom is -0.480 e. The molecule has 138 valence electrons. The van der Waals surface area contributed by atoms with Crippen LogP contribution >= 0.6 is 0 Å². The third-order valence-electron chi connectivity index (χ3n) is 4.43. The summed E-state index contributed by atoms with van der Waals surface area (Å²) >= 11 is 0. The van der Waals surface area contributed by atoms with E-state index in [0.717, 1.165) is 12.8 Å². The molecule has 26 heavy (non-hydrogen) atoms. The van der Waals surface area contributed by atoms with Crippen LogP contribution in [-0.2, 0) is 9.59 Å². The lowest BCUT2D eigenvalue weighted by Crippen LogP contribution is -2.47. The summed E-state index contributed by atoms with van der Waals surface area (Å²) in [7, 11) is 0. The van der Waals surface area contributed by atoms with Gasteiger partial charge in [-0.2, -0.15) is 5.10 Å². The number of amides is 1. The van der Waals surface area contributed by atoms with Crippen molar-refractivity contribution >= 4 is 17.7 Å². The first-order chi connectivity index (χ1) is 12.5. The van der Waals surface area contributed by atoms with Gasteiger partial charge in [-0.15, -0.1) is 0 Å². The van der Waals surface area contributed by atoms with Crippen molar-refractivity contribution in [2.45, 2.75) is 32.2 Å². The molecule has 1 unspecified atom stereocenters. The summed E-state index contributed by atoms with van der Waals surface area (Å²) in [4.78, 5) is 25.5. The Morgan fingerprint density at radius 3 is 2.85 bits per heavy atom. The summed E-state index contributed by atoms with van der Waals surface area (Å²) in [6, 6.07) is 7.16. The van der Waals surface area contributed by atoms with E-state index < -0.39 is 17.8 Å². The predicted molar refractivity (Wildman–Crippen MR) is 93.7 cm³/mol. The maximum atomic E-state index is 14.1. The van der Waals surface area contributed by atoms with E-state index in [2.05, 4.69) is 10.4 Å². The lowest BCUT2D eigenvalue weighted by Gasteiger charge is -2.32. The number of piperidine rings is 1. The molecule has 0 saturated carbocycles. The van der Waals surface area contributed by atoms with Crippen LogP contribution in [0.2, 0.25) is 0 Å². The van der Waals surface area contributed by atoms with Gasteiger partial charge in [0.2, 0.25) is 5.91 Å². The number of aryl methyl sites for hydroxylation is 1. The molecule has 1 fully saturated rings. The monoisotopic (exact) mass is 360 g/mol. The number of nitrogens with one attached hydrogen (secondary N) is 1. The third kappa shape index (κ3) is 3.91. The van der Waals surface area contributed by atoms with Gasteiger partial charge in [0.25, 0.3) is 0 Å². The number of aromatic nitrogens is 2. The quantitative estimate of drug-likeness (QED) is 0.854. The highest BCUT2D eigenvalue weighted by atomic mass is 19.1. The normalized spacial score (nSPS) is 17.8. The van der Waals surface area contributed by atoms with Gasteiger partial charge in [-0.25, -0.2) is 9.07 Å². The Bertz CT molecular complexity index is 821. The molecule has 0 spiro atoms. The number of anilines is 1. The standard InChI is InChI=1S/C18H21FN4O3/c1-12-10-16(23(21-12)14-7-3-2-6-13(14)19)20-17(24)11-22-9-5-4-8-15(22)18(25)26/h2-3,6-7,10,15H,4-5,8-9,11H2,1H3,(H,20,24)(H,25,26). The first-order valence-electron chi connectivity index (χ1n) is 8.54. The lowest BCUT2D eigenvalue weighted by atomic mass is 10.0. The Hall–Kier alpha value is -2.74. The van der Waals surface area contributed by atoms with Crippen LogP contribution < -0.4 is 5.32 Å². The fraction of sp³-hybridized carbons (Fsp3) is 0.389. The molecule has 1 aliphatic rings. The highest BCUT2D eigenvalue weighted by Crippen LogP contribution is 2.21. The highest BCUT2D eigenvalue weighted by Gasteiger charge is 2.29. The van der Waals surface area contributed by atoms with E-state index in [-0.39, 0.29) is 18.1 Å². The van der Waals surface area contributed by atoms with Gasteiger partial charge in [0.1, 0.15) is 23.4 Å². The second kappa shape index (κ2) is 7.65. The number of aliphatic carboxylic acids is 1. The van der Waals surface area contributed by atoms with Crippen molar-refractivity contribution in [3.05, 3.63) is 41.8 Å². The Balaban J connectivity index is 1.76. The fourth-order valence-electron chi connectivity index (χ4n) is 3.22. The number of hydrogen-bond acceptors (Lipinski definition) is 4. The van der Waals surface area contributed by atoms with E-state index in [1.54, 1.807) is 36.1 Å². The molecule has 0 radical (unpaired) electrons. The average Bonchev–Trinajstić information content (AvgIpc) is 2.95. The van der Waals surface area contributed by atoms with E-state index >= 15 is 0 Å². The molecule has 2 aromatic rings. The zero-order valence-electron chi connectivity index (χ0n) is 14.5. The number of halogens is 1. The van der Waals surface area contributed by atoms with Crippen molar-refractivity contribution in [3.8, 4) is 5.69 Å². The molecular formula is C18H21FN4O3. The molecule has 7 nitrogen and oxygen atoms in total. The number of hydrogen-bond donors (Lipinski definition) is 2. The summed E-state index contributed by atoms with van der Waals surface area (Å²) in [5.74, 6) is -1.37. The number of carboxylic acids is 1. The van der Waals surface area contributed by atoms with Crippen molar-refractivity contribution in [2.75, 3.05) is 18.4 Å². The van der Waals surface area contributed by atoms with Gasteiger partial charge in [-0.3, -0.25) is 14.5 Å². The van der Waals surface area contributed by atoms with Gasteiger partial charge in [0.05, 0.1) is 12.2 Å². The fourth-order valence-corrected chi connectivity index (χ4v) is 3.22. The molecule has 1 aromatic carbocycles. The predicted octanol–water partition coefficient (Wildman–Crippen LogP) is 2.20. The Kier molecular flexibility index (Phi) is 5.32. The SMILES string of the molecule is Cc1cc(NC(=O)CN2CCCCC2C(=O)O)n(-c2ccccc2F)n1. The smallest absolute Gasteiger partial charge is 0.320 e. The number of likely N-dealkylation sites (tertiary alicyclic amines) is 1. The van der Waals surface area contributed by atoms with Crippen LogP contribution in [0.3, 0.4) is 0 Å². The zero-order chi connectivity index (χ0) is 18.7. The zero-order valence-corrected chi connectivity index (χ0v) is 14.5. The second-order valence-electron chi connectivity index (χ2n) is 6.40. The van der Waals surface area contributed by atoms with Gasteiger partial charge in [0, 0.05) is 6.07 Å². The van der Waals surface area contributed by atoms with E-state index in [1.165, 1.54) is 10.7 Å². The van der Waals surface area contributed by atoms with Crippen molar-refractivity contribution < 1.29 is 19.1 Å².